The SMILES string of the molecule is N=C(N)c1ccncc1OC1CCCCCC1. The van der Waals surface area contributed by atoms with Crippen LogP contribution in [-0.2, 0) is 0 Å². The van der Waals surface area contributed by atoms with Crippen LogP contribution in [0.2, 0.25) is 0 Å². The fourth-order valence-electron chi connectivity index (χ4n) is 2.24. The van der Waals surface area contributed by atoms with Crippen molar-refractivity contribution in [3.8, 4) is 5.75 Å². The van der Waals surface area contributed by atoms with Crippen LogP contribution in [0.3, 0.4) is 0 Å². The van der Waals surface area contributed by atoms with Gasteiger partial charge in [-0.05, 0) is 31.7 Å². The number of nitrogens with two attached hydrogens (primary N) is 1. The molecular weight excluding hydrogens is 214 g/mol. The van der Waals surface area contributed by atoms with Crippen LogP contribution in [0.5, 0.6) is 5.75 Å². The van der Waals surface area contributed by atoms with E-state index in [9.17, 15) is 0 Å². The minimum absolute atomic E-state index is 0.0380. The number of pyridine rings is 1. The normalized spacial score (nSPS) is 17.4. The number of nitrogens with one attached hydrogen (secondary N) is 1. The number of aromatic nitrogens is 1. The van der Waals surface area contributed by atoms with E-state index in [1.807, 2.05) is 0 Å². The summed E-state index contributed by atoms with van der Waals surface area (Å²) in [6, 6.07) is 1.73. The first kappa shape index (κ1) is 11.9. The van der Waals surface area contributed by atoms with Crippen LogP contribution in [0.15, 0.2) is 18.5 Å². The van der Waals surface area contributed by atoms with Gasteiger partial charge in [0.1, 0.15) is 11.6 Å². The summed E-state index contributed by atoms with van der Waals surface area (Å²) in [4.78, 5) is 4.04. The van der Waals surface area contributed by atoms with Gasteiger partial charge in [0.15, 0.2) is 0 Å². The van der Waals surface area contributed by atoms with Crippen LogP contribution in [0.25, 0.3) is 0 Å². The fraction of sp³-hybridized carbons (Fsp3) is 0.538. The maximum Gasteiger partial charge on any atom is 0.148 e. The van der Waals surface area contributed by atoms with Gasteiger partial charge in [0.2, 0.25) is 0 Å². The lowest BCUT2D eigenvalue weighted by molar-refractivity contribution is 0.182. The Balaban J connectivity index is 2.09. The van der Waals surface area contributed by atoms with E-state index in [2.05, 4.69) is 4.98 Å². The van der Waals surface area contributed by atoms with Crippen molar-refractivity contribution in [1.29, 1.82) is 5.41 Å². The van der Waals surface area contributed by atoms with Crippen molar-refractivity contribution >= 4 is 5.84 Å². The summed E-state index contributed by atoms with van der Waals surface area (Å²) in [5.41, 5.74) is 6.17. The van der Waals surface area contributed by atoms with Crippen LogP contribution < -0.4 is 10.5 Å². The van der Waals surface area contributed by atoms with Crippen LogP contribution in [-0.4, -0.2) is 16.9 Å². The largest absolute Gasteiger partial charge is 0.488 e. The summed E-state index contributed by atoms with van der Waals surface area (Å²) in [6.07, 6.45) is 10.8. The molecule has 1 aromatic rings. The van der Waals surface area contributed by atoms with Gasteiger partial charge in [-0.3, -0.25) is 10.4 Å². The van der Waals surface area contributed by atoms with Gasteiger partial charge >= 0.3 is 0 Å². The van der Waals surface area contributed by atoms with Crippen molar-refractivity contribution in [3.05, 3.63) is 24.0 Å². The Morgan fingerprint density at radius 1 is 1.29 bits per heavy atom. The summed E-state index contributed by atoms with van der Waals surface area (Å²) in [5, 5.41) is 7.51. The second-order valence-electron chi connectivity index (χ2n) is 4.52. The van der Waals surface area contributed by atoms with Crippen molar-refractivity contribution in [1.82, 2.24) is 4.98 Å². The molecule has 1 aliphatic carbocycles. The Bertz CT molecular complexity index is 384. The van der Waals surface area contributed by atoms with Crippen molar-refractivity contribution in [2.24, 2.45) is 5.73 Å². The molecule has 0 amide bonds. The number of rotatable bonds is 3. The molecule has 1 aliphatic rings. The monoisotopic (exact) mass is 233 g/mol. The highest BCUT2D eigenvalue weighted by molar-refractivity contribution is 5.97. The van der Waals surface area contributed by atoms with Crippen molar-refractivity contribution in [2.45, 2.75) is 44.6 Å². The highest BCUT2D eigenvalue weighted by atomic mass is 16.5. The molecule has 0 atom stereocenters. The van der Waals surface area contributed by atoms with Crippen LogP contribution in [0.1, 0.15) is 44.1 Å². The van der Waals surface area contributed by atoms with Gasteiger partial charge in [0.05, 0.1) is 17.9 Å². The third-order valence-electron chi connectivity index (χ3n) is 3.17. The molecule has 0 spiro atoms. The maximum atomic E-state index is 7.51. The lowest BCUT2D eigenvalue weighted by Gasteiger charge is -2.18. The molecule has 0 aliphatic heterocycles. The minimum Gasteiger partial charge on any atom is -0.488 e. The third kappa shape index (κ3) is 3.19. The molecule has 2 rings (SSSR count). The third-order valence-corrected chi connectivity index (χ3v) is 3.17. The molecule has 3 N–H and O–H groups in total. The number of ether oxygens (including phenoxy) is 1. The Labute approximate surface area is 102 Å². The molecule has 17 heavy (non-hydrogen) atoms. The summed E-state index contributed by atoms with van der Waals surface area (Å²) < 4.78 is 5.94. The van der Waals surface area contributed by atoms with Crippen LogP contribution in [0, 0.1) is 5.41 Å². The minimum atomic E-state index is 0.0380. The van der Waals surface area contributed by atoms with Gasteiger partial charge in [-0.1, -0.05) is 12.8 Å². The Morgan fingerprint density at radius 3 is 2.65 bits per heavy atom. The van der Waals surface area contributed by atoms with Gasteiger partial charge in [0, 0.05) is 6.20 Å². The molecule has 92 valence electrons. The molecule has 0 bridgehead atoms. The van der Waals surface area contributed by atoms with E-state index in [1.54, 1.807) is 18.5 Å². The summed E-state index contributed by atoms with van der Waals surface area (Å²) >= 11 is 0. The molecule has 0 radical (unpaired) electrons. The average Bonchev–Trinajstić information content (AvgIpc) is 2.58. The zero-order chi connectivity index (χ0) is 12.1. The van der Waals surface area contributed by atoms with Gasteiger partial charge < -0.3 is 10.5 Å². The summed E-state index contributed by atoms with van der Waals surface area (Å²) in [6.45, 7) is 0. The molecule has 4 heteroatoms. The molecule has 4 nitrogen and oxygen atoms in total. The first-order valence-electron chi connectivity index (χ1n) is 6.22. The number of amidine groups is 1. The van der Waals surface area contributed by atoms with Crippen LogP contribution >= 0.6 is 0 Å². The smallest absolute Gasteiger partial charge is 0.148 e. The maximum absolute atomic E-state index is 7.51. The molecule has 0 unspecified atom stereocenters. The molecule has 1 heterocycles. The lowest BCUT2D eigenvalue weighted by Crippen LogP contribution is -2.19. The highest BCUT2D eigenvalue weighted by Gasteiger charge is 2.16. The molecule has 0 aromatic carbocycles. The van der Waals surface area contributed by atoms with Gasteiger partial charge in [-0.25, -0.2) is 0 Å². The quantitative estimate of drug-likeness (QED) is 0.478. The van der Waals surface area contributed by atoms with E-state index in [-0.39, 0.29) is 11.9 Å². The van der Waals surface area contributed by atoms with E-state index in [1.165, 1.54) is 25.7 Å². The molecule has 1 saturated carbocycles. The molecule has 0 saturated heterocycles. The second kappa shape index (κ2) is 5.66. The Hall–Kier alpha value is -1.58. The highest BCUT2D eigenvalue weighted by Crippen LogP contribution is 2.24. The number of hydrogen-bond donors (Lipinski definition) is 2. The Morgan fingerprint density at radius 2 is 2.00 bits per heavy atom. The van der Waals surface area contributed by atoms with E-state index in [0.29, 0.717) is 11.3 Å². The van der Waals surface area contributed by atoms with E-state index < -0.39 is 0 Å². The van der Waals surface area contributed by atoms with Crippen molar-refractivity contribution in [3.63, 3.8) is 0 Å². The molecular formula is C13H19N3O. The zero-order valence-electron chi connectivity index (χ0n) is 9.98. The Kier molecular flexibility index (Phi) is 3.96. The number of nitrogens with zero attached hydrogens (tertiary/aromatic N) is 1. The first-order valence-corrected chi connectivity index (χ1v) is 6.22. The lowest BCUT2D eigenvalue weighted by atomic mass is 10.1. The molecule has 1 fully saturated rings. The number of hydrogen-bond acceptors (Lipinski definition) is 3. The van der Waals surface area contributed by atoms with E-state index >= 15 is 0 Å². The zero-order valence-corrected chi connectivity index (χ0v) is 9.98. The predicted octanol–water partition coefficient (Wildman–Crippen LogP) is 2.47. The topological polar surface area (TPSA) is 72.0 Å². The molecule has 1 aromatic heterocycles. The first-order chi connectivity index (χ1) is 8.27. The second-order valence-corrected chi connectivity index (χ2v) is 4.52. The average molecular weight is 233 g/mol. The summed E-state index contributed by atoms with van der Waals surface area (Å²) in [7, 11) is 0. The van der Waals surface area contributed by atoms with E-state index in [0.717, 1.165) is 12.8 Å². The van der Waals surface area contributed by atoms with Gasteiger partial charge in [-0.2, -0.15) is 0 Å². The summed E-state index contributed by atoms with van der Waals surface area (Å²) in [5.74, 6) is 0.683. The van der Waals surface area contributed by atoms with Crippen molar-refractivity contribution in [2.75, 3.05) is 0 Å². The van der Waals surface area contributed by atoms with Gasteiger partial charge in [0.25, 0.3) is 0 Å². The fourth-order valence-corrected chi connectivity index (χ4v) is 2.24. The van der Waals surface area contributed by atoms with Gasteiger partial charge in [-0.15, -0.1) is 0 Å². The number of nitrogen functional groups attached to an aromatic ring is 1. The predicted molar refractivity (Wildman–Crippen MR) is 67.4 cm³/mol. The van der Waals surface area contributed by atoms with E-state index in [4.69, 9.17) is 15.9 Å². The van der Waals surface area contributed by atoms with Crippen LogP contribution in [0.4, 0.5) is 0 Å². The van der Waals surface area contributed by atoms with Crippen molar-refractivity contribution < 1.29 is 4.74 Å². The standard InChI is InChI=1S/C13H19N3O/c14-13(15)11-7-8-16-9-12(11)17-10-5-3-1-2-4-6-10/h7-10H,1-6H2,(H3,14,15).